The Morgan fingerprint density at radius 1 is 1.47 bits per heavy atom. The fourth-order valence-electron chi connectivity index (χ4n) is 1.43. The van der Waals surface area contributed by atoms with Gasteiger partial charge in [0.25, 0.3) is 5.56 Å². The maximum Gasteiger partial charge on any atom is 0.293 e. The topological polar surface area (TPSA) is 46.9 Å². The van der Waals surface area contributed by atoms with E-state index in [0.29, 0.717) is 36.6 Å². The van der Waals surface area contributed by atoms with E-state index in [0.717, 1.165) is 0 Å². The Bertz CT molecular complexity index is 403. The summed E-state index contributed by atoms with van der Waals surface area (Å²) in [5.41, 5.74) is -0.0667. The van der Waals surface area contributed by atoms with Crippen molar-refractivity contribution in [2.45, 2.75) is 27.3 Å². The van der Waals surface area contributed by atoms with Crippen LogP contribution in [0.5, 0.6) is 0 Å². The molecule has 4 nitrogen and oxygen atoms in total. The number of anilines is 1. The number of hydrogen-bond donors (Lipinski definition) is 1. The van der Waals surface area contributed by atoms with Crippen molar-refractivity contribution in [3.8, 4) is 0 Å². The maximum absolute atomic E-state index is 12.0. The van der Waals surface area contributed by atoms with Gasteiger partial charge in [0.15, 0.2) is 5.82 Å². The first-order valence-electron chi connectivity index (χ1n) is 5.89. The first-order valence-corrected chi connectivity index (χ1v) is 6.43. The molecule has 1 rings (SSSR count). The third kappa shape index (κ3) is 4.38. The summed E-state index contributed by atoms with van der Waals surface area (Å²) < 4.78 is 1.69. The first kappa shape index (κ1) is 14.0. The highest BCUT2D eigenvalue weighted by atomic mass is 35.5. The lowest BCUT2D eigenvalue weighted by Crippen LogP contribution is -2.27. The lowest BCUT2D eigenvalue weighted by Gasteiger charge is -2.12. The summed E-state index contributed by atoms with van der Waals surface area (Å²) in [6, 6.07) is 0. The minimum Gasteiger partial charge on any atom is -0.365 e. The van der Waals surface area contributed by atoms with Gasteiger partial charge in [-0.05, 0) is 11.8 Å². The van der Waals surface area contributed by atoms with Crippen LogP contribution in [0.3, 0.4) is 0 Å². The van der Waals surface area contributed by atoms with Gasteiger partial charge in [0.05, 0.1) is 0 Å². The smallest absolute Gasteiger partial charge is 0.293 e. The van der Waals surface area contributed by atoms with Crippen molar-refractivity contribution in [3.63, 3.8) is 0 Å². The number of nitrogens with one attached hydrogen (secondary N) is 1. The number of alkyl halides is 1. The van der Waals surface area contributed by atoms with E-state index in [2.05, 4.69) is 24.1 Å². The number of nitrogens with zero attached hydrogens (tertiary/aromatic N) is 2. The van der Waals surface area contributed by atoms with E-state index >= 15 is 0 Å². The lowest BCUT2D eigenvalue weighted by atomic mass is 10.2. The summed E-state index contributed by atoms with van der Waals surface area (Å²) in [6.45, 7) is 7.55. The molecule has 1 aromatic heterocycles. The minimum absolute atomic E-state index is 0.0667. The van der Waals surface area contributed by atoms with E-state index in [9.17, 15) is 4.79 Å². The third-order valence-electron chi connectivity index (χ3n) is 2.36. The van der Waals surface area contributed by atoms with Crippen LogP contribution in [0, 0.1) is 11.8 Å². The summed E-state index contributed by atoms with van der Waals surface area (Å²) in [6.07, 6.45) is 3.37. The Kier molecular flexibility index (Phi) is 5.48. The summed E-state index contributed by atoms with van der Waals surface area (Å²) >= 11 is 5.71. The zero-order chi connectivity index (χ0) is 12.8. The van der Waals surface area contributed by atoms with Gasteiger partial charge in [-0.15, -0.1) is 11.6 Å². The van der Waals surface area contributed by atoms with Gasteiger partial charge >= 0.3 is 0 Å². The monoisotopic (exact) mass is 257 g/mol. The lowest BCUT2D eigenvalue weighted by molar-refractivity contribution is 0.509. The Morgan fingerprint density at radius 3 is 2.76 bits per heavy atom. The zero-order valence-electron chi connectivity index (χ0n) is 10.6. The van der Waals surface area contributed by atoms with Crippen LogP contribution in [-0.4, -0.2) is 22.0 Å². The number of aromatic nitrogens is 2. The van der Waals surface area contributed by atoms with Crippen molar-refractivity contribution in [3.05, 3.63) is 22.7 Å². The molecule has 0 aliphatic carbocycles. The number of hydrogen-bond acceptors (Lipinski definition) is 3. The van der Waals surface area contributed by atoms with Crippen LogP contribution in [0.4, 0.5) is 5.82 Å². The second-order valence-electron chi connectivity index (χ2n) is 4.77. The van der Waals surface area contributed by atoms with Gasteiger partial charge in [-0.25, -0.2) is 4.98 Å². The second-order valence-corrected chi connectivity index (χ2v) is 5.08. The van der Waals surface area contributed by atoms with E-state index in [1.54, 1.807) is 17.0 Å². The van der Waals surface area contributed by atoms with Crippen LogP contribution < -0.4 is 10.9 Å². The predicted octanol–water partition coefficient (Wildman–Crippen LogP) is 2.19. The molecule has 5 heteroatoms. The average Bonchev–Trinajstić information content (AvgIpc) is 2.29. The molecular formula is C12H20ClN3O. The highest BCUT2D eigenvalue weighted by Crippen LogP contribution is 2.01. The van der Waals surface area contributed by atoms with Crippen molar-refractivity contribution in [2.24, 2.45) is 11.8 Å². The van der Waals surface area contributed by atoms with E-state index in [-0.39, 0.29) is 5.56 Å². The molecule has 0 aliphatic heterocycles. The van der Waals surface area contributed by atoms with Crippen molar-refractivity contribution in [1.82, 2.24) is 9.55 Å². The molecular weight excluding hydrogens is 238 g/mol. The fourth-order valence-corrected chi connectivity index (χ4v) is 1.54. The molecule has 0 aromatic carbocycles. The molecule has 0 fully saturated rings. The molecule has 0 aliphatic rings. The third-order valence-corrected chi connectivity index (χ3v) is 2.88. The van der Waals surface area contributed by atoms with Crippen LogP contribution in [0.15, 0.2) is 17.2 Å². The van der Waals surface area contributed by atoms with E-state index in [1.807, 2.05) is 6.92 Å². The average molecular weight is 258 g/mol. The van der Waals surface area contributed by atoms with Crippen molar-refractivity contribution in [2.75, 3.05) is 17.7 Å². The summed E-state index contributed by atoms with van der Waals surface area (Å²) in [4.78, 5) is 16.1. The quantitative estimate of drug-likeness (QED) is 0.795. The van der Waals surface area contributed by atoms with E-state index in [1.165, 1.54) is 0 Å². The molecule has 0 radical (unpaired) electrons. The predicted molar refractivity (Wildman–Crippen MR) is 71.7 cm³/mol. The summed E-state index contributed by atoms with van der Waals surface area (Å²) in [5.74, 6) is 1.73. The number of rotatable bonds is 6. The van der Waals surface area contributed by atoms with Gasteiger partial charge in [-0.3, -0.25) is 4.79 Å². The molecule has 1 N–H and O–H groups in total. The van der Waals surface area contributed by atoms with Crippen molar-refractivity contribution in [1.29, 1.82) is 0 Å². The van der Waals surface area contributed by atoms with Crippen molar-refractivity contribution >= 4 is 17.4 Å². The van der Waals surface area contributed by atoms with E-state index in [4.69, 9.17) is 11.6 Å². The SMILES string of the molecule is CC(C)Cn1ccnc(NCC(C)CCl)c1=O. The van der Waals surface area contributed by atoms with Crippen LogP contribution in [0.1, 0.15) is 20.8 Å². The first-order chi connectivity index (χ1) is 8.04. The van der Waals surface area contributed by atoms with E-state index < -0.39 is 0 Å². The normalized spacial score (nSPS) is 12.8. The molecule has 1 atom stereocenters. The summed E-state index contributed by atoms with van der Waals surface area (Å²) in [5, 5.41) is 3.05. The Morgan fingerprint density at radius 2 is 2.18 bits per heavy atom. The molecule has 1 heterocycles. The molecule has 96 valence electrons. The van der Waals surface area contributed by atoms with Gasteiger partial charge in [-0.1, -0.05) is 20.8 Å². The Balaban J connectivity index is 2.76. The maximum atomic E-state index is 12.0. The van der Waals surface area contributed by atoms with Gasteiger partial charge in [0.2, 0.25) is 0 Å². The van der Waals surface area contributed by atoms with Crippen molar-refractivity contribution < 1.29 is 0 Å². The van der Waals surface area contributed by atoms with Gasteiger partial charge in [-0.2, -0.15) is 0 Å². The largest absolute Gasteiger partial charge is 0.365 e. The van der Waals surface area contributed by atoms with Crippen LogP contribution >= 0.6 is 11.6 Å². The van der Waals surface area contributed by atoms with Crippen LogP contribution in [-0.2, 0) is 6.54 Å². The molecule has 1 unspecified atom stereocenters. The molecule has 0 saturated heterocycles. The second kappa shape index (κ2) is 6.64. The van der Waals surface area contributed by atoms with Crippen LogP contribution in [0.2, 0.25) is 0 Å². The number of halogens is 1. The van der Waals surface area contributed by atoms with Gasteiger partial charge in [0.1, 0.15) is 0 Å². The molecule has 17 heavy (non-hydrogen) atoms. The highest BCUT2D eigenvalue weighted by Gasteiger charge is 2.07. The fraction of sp³-hybridized carbons (Fsp3) is 0.667. The minimum atomic E-state index is -0.0667. The Hall–Kier alpha value is -1.03. The molecule has 0 spiro atoms. The van der Waals surface area contributed by atoms with Crippen LogP contribution in [0.25, 0.3) is 0 Å². The van der Waals surface area contributed by atoms with Gasteiger partial charge in [0, 0.05) is 31.4 Å². The Labute approximate surface area is 107 Å². The molecule has 0 amide bonds. The zero-order valence-corrected chi connectivity index (χ0v) is 11.4. The highest BCUT2D eigenvalue weighted by molar-refractivity contribution is 6.18. The van der Waals surface area contributed by atoms with Gasteiger partial charge < -0.3 is 9.88 Å². The molecule has 1 aromatic rings. The summed E-state index contributed by atoms with van der Waals surface area (Å²) in [7, 11) is 0. The molecule has 0 saturated carbocycles. The molecule has 0 bridgehead atoms. The standard InChI is InChI=1S/C12H20ClN3O/c1-9(2)8-16-5-4-14-11(12(16)17)15-7-10(3)6-13/h4-5,9-10H,6-8H2,1-3H3,(H,14,15).